The van der Waals surface area contributed by atoms with Crippen LogP contribution in [-0.2, 0) is 14.4 Å². The maximum absolute atomic E-state index is 12.0. The van der Waals surface area contributed by atoms with E-state index in [0.717, 1.165) is 0 Å². The number of carboxylic acid groups (broad SMARTS) is 1. The van der Waals surface area contributed by atoms with Gasteiger partial charge in [-0.05, 0) is 18.3 Å². The lowest BCUT2D eigenvalue weighted by atomic mass is 9.84. The molecule has 0 rings (SSSR count). The second-order valence-electron chi connectivity index (χ2n) is 6.10. The van der Waals surface area contributed by atoms with Crippen LogP contribution in [0.4, 0.5) is 0 Å². The Morgan fingerprint density at radius 3 is 2.15 bits per heavy atom. The summed E-state index contributed by atoms with van der Waals surface area (Å²) in [5.74, 6) is -2.65. The van der Waals surface area contributed by atoms with Gasteiger partial charge in [0.1, 0.15) is 6.04 Å². The van der Waals surface area contributed by atoms with E-state index >= 15 is 0 Å². The van der Waals surface area contributed by atoms with Crippen molar-refractivity contribution >= 4 is 17.8 Å². The Kier molecular flexibility index (Phi) is 7.20. The molecule has 0 spiro atoms. The van der Waals surface area contributed by atoms with Crippen LogP contribution in [0.3, 0.4) is 0 Å². The molecule has 2 unspecified atom stereocenters. The van der Waals surface area contributed by atoms with E-state index in [1.807, 2.05) is 20.8 Å². The average molecular weight is 287 g/mol. The van der Waals surface area contributed by atoms with Crippen molar-refractivity contribution in [3.8, 4) is 0 Å². The first kappa shape index (κ1) is 18.4. The highest BCUT2D eigenvalue weighted by atomic mass is 16.4. The van der Waals surface area contributed by atoms with E-state index in [9.17, 15) is 14.4 Å². The quantitative estimate of drug-likeness (QED) is 0.491. The highest BCUT2D eigenvalue weighted by Crippen LogP contribution is 2.24. The molecule has 0 aliphatic carbocycles. The Labute approximate surface area is 119 Å². The predicted molar refractivity (Wildman–Crippen MR) is 74.6 cm³/mol. The summed E-state index contributed by atoms with van der Waals surface area (Å²) in [6, 6.07) is -1.12. The zero-order valence-electron chi connectivity index (χ0n) is 12.3. The minimum absolute atomic E-state index is 0.0246. The zero-order chi connectivity index (χ0) is 15.9. The topological polar surface area (TPSA) is 136 Å². The van der Waals surface area contributed by atoms with E-state index in [2.05, 4.69) is 5.32 Å². The number of hydrogen-bond acceptors (Lipinski definition) is 4. The first-order valence-electron chi connectivity index (χ1n) is 6.58. The molecule has 0 heterocycles. The second kappa shape index (κ2) is 7.84. The number of hydrogen-bond donors (Lipinski definition) is 4. The van der Waals surface area contributed by atoms with Gasteiger partial charge in [-0.3, -0.25) is 9.59 Å². The van der Waals surface area contributed by atoms with E-state index in [-0.39, 0.29) is 24.8 Å². The molecule has 2 amide bonds. The molecule has 0 aromatic rings. The van der Waals surface area contributed by atoms with Crippen LogP contribution < -0.4 is 16.8 Å². The van der Waals surface area contributed by atoms with Gasteiger partial charge >= 0.3 is 5.97 Å². The number of carboxylic acids is 1. The van der Waals surface area contributed by atoms with E-state index in [1.54, 1.807) is 0 Å². The summed E-state index contributed by atoms with van der Waals surface area (Å²) in [6.07, 6.45) is 0.435. The van der Waals surface area contributed by atoms with Crippen LogP contribution in [-0.4, -0.2) is 35.5 Å². The lowest BCUT2D eigenvalue weighted by molar-refractivity contribution is -0.142. The number of aliphatic carboxylic acids is 1. The Balaban J connectivity index is 4.64. The minimum Gasteiger partial charge on any atom is -0.480 e. The number of amides is 2. The van der Waals surface area contributed by atoms with Gasteiger partial charge in [0.15, 0.2) is 0 Å². The van der Waals surface area contributed by atoms with Gasteiger partial charge in [-0.1, -0.05) is 20.8 Å². The van der Waals surface area contributed by atoms with Crippen molar-refractivity contribution in [2.45, 2.75) is 46.1 Å². The van der Waals surface area contributed by atoms with Crippen molar-refractivity contribution in [1.29, 1.82) is 0 Å². The monoisotopic (exact) mass is 287 g/mol. The highest BCUT2D eigenvalue weighted by molar-refractivity contribution is 5.85. The van der Waals surface area contributed by atoms with Crippen LogP contribution in [0.15, 0.2) is 0 Å². The van der Waals surface area contributed by atoms with Crippen LogP contribution in [0.25, 0.3) is 0 Å². The smallest absolute Gasteiger partial charge is 0.326 e. The third kappa shape index (κ3) is 7.73. The maximum Gasteiger partial charge on any atom is 0.326 e. The number of carbonyl (C=O) groups is 3. The molecule has 0 radical (unpaired) electrons. The molecule has 0 aliphatic rings. The molecule has 0 aliphatic heterocycles. The van der Waals surface area contributed by atoms with Crippen molar-refractivity contribution < 1.29 is 19.5 Å². The van der Waals surface area contributed by atoms with Gasteiger partial charge in [0.25, 0.3) is 0 Å². The molecule has 7 heteroatoms. The van der Waals surface area contributed by atoms with Crippen LogP contribution >= 0.6 is 0 Å². The Morgan fingerprint density at radius 1 is 1.25 bits per heavy atom. The Hall–Kier alpha value is -1.63. The number of carbonyl (C=O) groups excluding carboxylic acids is 2. The van der Waals surface area contributed by atoms with E-state index in [1.165, 1.54) is 0 Å². The van der Waals surface area contributed by atoms with Gasteiger partial charge in [-0.15, -0.1) is 0 Å². The molecule has 0 aromatic carbocycles. The largest absolute Gasteiger partial charge is 0.480 e. The average Bonchev–Trinajstić information content (AvgIpc) is 2.29. The summed E-state index contributed by atoms with van der Waals surface area (Å²) in [6.45, 7) is 6.07. The fraction of sp³-hybridized carbons (Fsp3) is 0.769. The summed E-state index contributed by atoms with van der Waals surface area (Å²) >= 11 is 0. The number of nitrogens with two attached hydrogens (primary N) is 2. The Bertz CT molecular complexity index is 363. The molecule has 2 atom stereocenters. The van der Waals surface area contributed by atoms with Crippen LogP contribution in [0.5, 0.6) is 0 Å². The summed E-state index contributed by atoms with van der Waals surface area (Å²) < 4.78 is 0. The lowest BCUT2D eigenvalue weighted by Crippen LogP contribution is -2.46. The van der Waals surface area contributed by atoms with E-state index in [0.29, 0.717) is 6.42 Å². The van der Waals surface area contributed by atoms with Crippen molar-refractivity contribution in [2.24, 2.45) is 22.8 Å². The Morgan fingerprint density at radius 2 is 1.80 bits per heavy atom. The normalized spacial score (nSPS) is 14.4. The summed E-state index contributed by atoms with van der Waals surface area (Å²) in [5.41, 5.74) is 10.5. The van der Waals surface area contributed by atoms with Gasteiger partial charge in [-0.25, -0.2) is 4.79 Å². The number of primary amides is 1. The third-order valence-electron chi connectivity index (χ3n) is 2.81. The molecule has 0 saturated carbocycles. The lowest BCUT2D eigenvalue weighted by Gasteiger charge is -2.25. The fourth-order valence-electron chi connectivity index (χ4n) is 1.86. The summed E-state index contributed by atoms with van der Waals surface area (Å²) in [5, 5.41) is 11.4. The van der Waals surface area contributed by atoms with Crippen molar-refractivity contribution in [3.63, 3.8) is 0 Å². The molecule has 0 fully saturated rings. The molecule has 20 heavy (non-hydrogen) atoms. The van der Waals surface area contributed by atoms with Crippen molar-refractivity contribution in [3.05, 3.63) is 0 Å². The summed E-state index contributed by atoms with van der Waals surface area (Å²) in [7, 11) is 0. The fourth-order valence-corrected chi connectivity index (χ4v) is 1.86. The summed E-state index contributed by atoms with van der Waals surface area (Å²) in [4.78, 5) is 33.8. The molecule has 6 N–H and O–H groups in total. The van der Waals surface area contributed by atoms with Crippen LogP contribution in [0.1, 0.15) is 40.0 Å². The third-order valence-corrected chi connectivity index (χ3v) is 2.81. The van der Waals surface area contributed by atoms with Gasteiger partial charge in [0.2, 0.25) is 11.8 Å². The minimum atomic E-state index is -1.19. The van der Waals surface area contributed by atoms with Gasteiger partial charge in [0, 0.05) is 13.0 Å². The predicted octanol–water partition coefficient (Wildman–Crippen LogP) is -0.168. The van der Waals surface area contributed by atoms with E-state index in [4.69, 9.17) is 16.6 Å². The van der Waals surface area contributed by atoms with Crippen molar-refractivity contribution in [1.82, 2.24) is 5.32 Å². The molecular weight excluding hydrogens is 262 g/mol. The molecule has 0 aromatic heterocycles. The zero-order valence-corrected chi connectivity index (χ0v) is 12.3. The highest BCUT2D eigenvalue weighted by Gasteiger charge is 2.27. The van der Waals surface area contributed by atoms with Crippen LogP contribution in [0, 0.1) is 11.3 Å². The number of rotatable bonds is 8. The molecule has 7 nitrogen and oxygen atoms in total. The SMILES string of the molecule is CC(C)(C)CC(CN)C(=O)NC(CCC(N)=O)C(=O)O. The first-order chi connectivity index (χ1) is 9.06. The van der Waals surface area contributed by atoms with Gasteiger partial charge < -0.3 is 21.9 Å². The molecule has 116 valence electrons. The van der Waals surface area contributed by atoms with Crippen LogP contribution in [0.2, 0.25) is 0 Å². The van der Waals surface area contributed by atoms with Crippen molar-refractivity contribution in [2.75, 3.05) is 6.54 Å². The van der Waals surface area contributed by atoms with Gasteiger partial charge in [-0.2, -0.15) is 0 Å². The van der Waals surface area contributed by atoms with Gasteiger partial charge in [0.05, 0.1) is 5.92 Å². The first-order valence-corrected chi connectivity index (χ1v) is 6.58. The molecular formula is C13H25N3O4. The molecule has 0 bridgehead atoms. The maximum atomic E-state index is 12.0. The standard InChI is InChI=1S/C13H25N3O4/c1-13(2,3)6-8(7-14)11(18)16-9(12(19)20)4-5-10(15)17/h8-9H,4-7,14H2,1-3H3,(H2,15,17)(H,16,18)(H,19,20). The molecule has 0 saturated heterocycles. The number of nitrogens with one attached hydrogen (secondary N) is 1. The van der Waals surface area contributed by atoms with E-state index < -0.39 is 29.7 Å². The second-order valence-corrected chi connectivity index (χ2v) is 6.10.